The Labute approximate surface area is 186 Å². The number of hydrogen-bond acceptors (Lipinski definition) is 3. The van der Waals surface area contributed by atoms with E-state index in [-0.39, 0.29) is 18.0 Å². The van der Waals surface area contributed by atoms with Crippen LogP contribution in [0.1, 0.15) is 11.1 Å². The molecule has 1 amide bonds. The van der Waals surface area contributed by atoms with Crippen molar-refractivity contribution in [2.45, 2.75) is 18.4 Å². The highest BCUT2D eigenvalue weighted by molar-refractivity contribution is 7.89. The van der Waals surface area contributed by atoms with Gasteiger partial charge in [-0.1, -0.05) is 71.2 Å². The summed E-state index contributed by atoms with van der Waals surface area (Å²) in [6, 6.07) is 20.3. The van der Waals surface area contributed by atoms with Crippen molar-refractivity contribution in [1.82, 2.24) is 4.31 Å². The SMILES string of the molecule is Cc1ccc(S(=O)(=O)N(CC(=O)Nc2ccc(Cl)c(Cl)c2)Cc2ccccc2)cc1. The molecule has 0 heterocycles. The third kappa shape index (κ3) is 5.61. The molecule has 0 radical (unpaired) electrons. The molecule has 30 heavy (non-hydrogen) atoms. The first-order valence-electron chi connectivity index (χ1n) is 9.11. The van der Waals surface area contributed by atoms with Crippen molar-refractivity contribution in [1.29, 1.82) is 0 Å². The molecule has 0 saturated heterocycles. The summed E-state index contributed by atoms with van der Waals surface area (Å²) in [4.78, 5) is 12.8. The number of aryl methyl sites for hydroxylation is 1. The van der Waals surface area contributed by atoms with Gasteiger partial charge in [0.2, 0.25) is 15.9 Å². The molecule has 3 aromatic carbocycles. The number of anilines is 1. The van der Waals surface area contributed by atoms with Crippen molar-refractivity contribution in [2.75, 3.05) is 11.9 Å². The first kappa shape index (κ1) is 22.3. The average Bonchev–Trinajstić information content (AvgIpc) is 2.71. The van der Waals surface area contributed by atoms with E-state index in [1.165, 1.54) is 6.07 Å². The summed E-state index contributed by atoms with van der Waals surface area (Å²) in [7, 11) is -3.89. The van der Waals surface area contributed by atoms with Crippen LogP contribution in [-0.4, -0.2) is 25.2 Å². The van der Waals surface area contributed by atoms with Crippen LogP contribution in [0.2, 0.25) is 10.0 Å². The van der Waals surface area contributed by atoms with Crippen LogP contribution in [0.15, 0.2) is 77.7 Å². The third-order valence-corrected chi connectivity index (χ3v) is 6.93. The van der Waals surface area contributed by atoms with Gasteiger partial charge in [0.1, 0.15) is 0 Å². The van der Waals surface area contributed by atoms with Gasteiger partial charge in [0.05, 0.1) is 21.5 Å². The maximum Gasteiger partial charge on any atom is 0.243 e. The molecule has 0 saturated carbocycles. The van der Waals surface area contributed by atoms with Gasteiger partial charge in [-0.25, -0.2) is 8.42 Å². The molecule has 1 N–H and O–H groups in total. The van der Waals surface area contributed by atoms with E-state index in [9.17, 15) is 13.2 Å². The monoisotopic (exact) mass is 462 g/mol. The zero-order chi connectivity index (χ0) is 21.7. The number of rotatable bonds is 7. The fraction of sp³-hybridized carbons (Fsp3) is 0.136. The van der Waals surface area contributed by atoms with E-state index in [1.807, 2.05) is 37.3 Å². The summed E-state index contributed by atoms with van der Waals surface area (Å²) in [6.07, 6.45) is 0. The van der Waals surface area contributed by atoms with Crippen LogP contribution in [-0.2, 0) is 21.4 Å². The maximum atomic E-state index is 13.2. The molecular weight excluding hydrogens is 443 g/mol. The second-order valence-corrected chi connectivity index (χ2v) is 9.50. The number of halogens is 2. The summed E-state index contributed by atoms with van der Waals surface area (Å²) < 4.78 is 27.6. The zero-order valence-corrected chi connectivity index (χ0v) is 18.5. The van der Waals surface area contributed by atoms with Crippen molar-refractivity contribution in [2.24, 2.45) is 0 Å². The summed E-state index contributed by atoms with van der Waals surface area (Å²) in [5.41, 5.74) is 2.15. The van der Waals surface area contributed by atoms with E-state index < -0.39 is 15.9 Å². The van der Waals surface area contributed by atoms with Crippen LogP contribution in [0.5, 0.6) is 0 Å². The lowest BCUT2D eigenvalue weighted by Gasteiger charge is -2.22. The first-order valence-corrected chi connectivity index (χ1v) is 11.3. The highest BCUT2D eigenvalue weighted by atomic mass is 35.5. The third-order valence-electron chi connectivity index (χ3n) is 4.38. The van der Waals surface area contributed by atoms with Crippen molar-refractivity contribution in [3.63, 3.8) is 0 Å². The summed E-state index contributed by atoms with van der Waals surface area (Å²) in [6.45, 7) is 1.58. The van der Waals surface area contributed by atoms with E-state index in [0.717, 1.165) is 15.4 Å². The standard InChI is InChI=1S/C22H20Cl2N2O3S/c1-16-7-10-19(11-8-16)30(28,29)26(14-17-5-3-2-4-6-17)15-22(27)25-18-9-12-20(23)21(24)13-18/h2-13H,14-15H2,1H3,(H,25,27). The summed E-state index contributed by atoms with van der Waals surface area (Å²) >= 11 is 11.9. The predicted molar refractivity (Wildman–Crippen MR) is 120 cm³/mol. The zero-order valence-electron chi connectivity index (χ0n) is 16.2. The molecule has 0 aliphatic heterocycles. The van der Waals surface area contributed by atoms with E-state index in [0.29, 0.717) is 15.7 Å². The smallest absolute Gasteiger partial charge is 0.243 e. The number of nitrogens with one attached hydrogen (secondary N) is 1. The number of carbonyl (C=O) groups is 1. The Kier molecular flexibility index (Phi) is 7.15. The Morgan fingerprint density at radius 3 is 2.23 bits per heavy atom. The Balaban J connectivity index is 1.86. The first-order chi connectivity index (χ1) is 14.3. The topological polar surface area (TPSA) is 66.5 Å². The van der Waals surface area contributed by atoms with E-state index in [4.69, 9.17) is 23.2 Å². The van der Waals surface area contributed by atoms with Gasteiger partial charge in [-0.3, -0.25) is 4.79 Å². The van der Waals surface area contributed by atoms with E-state index in [1.54, 1.807) is 36.4 Å². The molecule has 3 aromatic rings. The van der Waals surface area contributed by atoms with Crippen molar-refractivity contribution >= 4 is 44.8 Å². The van der Waals surface area contributed by atoms with Crippen molar-refractivity contribution in [3.8, 4) is 0 Å². The number of carbonyl (C=O) groups excluding carboxylic acids is 1. The minimum Gasteiger partial charge on any atom is -0.325 e. The minimum absolute atomic E-state index is 0.0614. The average molecular weight is 463 g/mol. The summed E-state index contributed by atoms with van der Waals surface area (Å²) in [5.74, 6) is -0.486. The molecule has 8 heteroatoms. The van der Waals surface area contributed by atoms with E-state index in [2.05, 4.69) is 5.32 Å². The van der Waals surface area contributed by atoms with Gasteiger partial charge >= 0.3 is 0 Å². The highest BCUT2D eigenvalue weighted by Gasteiger charge is 2.27. The number of hydrogen-bond donors (Lipinski definition) is 1. The molecule has 0 atom stereocenters. The Bertz CT molecular complexity index is 1130. The molecular formula is C22H20Cl2N2O3S. The van der Waals surface area contributed by atoms with Crippen LogP contribution < -0.4 is 5.32 Å². The van der Waals surface area contributed by atoms with Gasteiger partial charge in [-0.05, 0) is 42.8 Å². The normalized spacial score (nSPS) is 11.5. The van der Waals surface area contributed by atoms with Gasteiger partial charge in [0, 0.05) is 12.2 Å². The molecule has 0 fully saturated rings. The Morgan fingerprint density at radius 1 is 0.933 bits per heavy atom. The molecule has 3 rings (SSSR count). The molecule has 0 aliphatic rings. The highest BCUT2D eigenvalue weighted by Crippen LogP contribution is 2.25. The number of nitrogens with zero attached hydrogens (tertiary/aromatic N) is 1. The van der Waals surface area contributed by atoms with E-state index >= 15 is 0 Å². The number of benzene rings is 3. The van der Waals surface area contributed by atoms with Gasteiger partial charge in [0.25, 0.3) is 0 Å². The molecule has 0 unspecified atom stereocenters. The van der Waals surface area contributed by atoms with Crippen molar-refractivity contribution < 1.29 is 13.2 Å². The molecule has 0 aromatic heterocycles. The van der Waals surface area contributed by atoms with Crippen molar-refractivity contribution in [3.05, 3.63) is 94.0 Å². The van der Waals surface area contributed by atoms with Gasteiger partial charge in [-0.15, -0.1) is 0 Å². The lowest BCUT2D eigenvalue weighted by Crippen LogP contribution is -2.37. The second-order valence-electron chi connectivity index (χ2n) is 6.75. The van der Waals surface area contributed by atoms with Gasteiger partial charge < -0.3 is 5.32 Å². The molecule has 0 bridgehead atoms. The van der Waals surface area contributed by atoms with Crippen LogP contribution in [0, 0.1) is 6.92 Å². The number of sulfonamides is 1. The van der Waals surface area contributed by atoms with Gasteiger partial charge in [0.15, 0.2) is 0 Å². The molecule has 0 spiro atoms. The van der Waals surface area contributed by atoms with Crippen LogP contribution in [0.3, 0.4) is 0 Å². The molecule has 0 aliphatic carbocycles. The van der Waals surface area contributed by atoms with Crippen LogP contribution >= 0.6 is 23.2 Å². The fourth-order valence-electron chi connectivity index (χ4n) is 2.81. The molecule has 5 nitrogen and oxygen atoms in total. The Morgan fingerprint density at radius 2 is 1.60 bits per heavy atom. The lowest BCUT2D eigenvalue weighted by molar-refractivity contribution is -0.116. The quantitative estimate of drug-likeness (QED) is 0.528. The second kappa shape index (κ2) is 9.62. The molecule has 156 valence electrons. The van der Waals surface area contributed by atoms with Crippen LogP contribution in [0.25, 0.3) is 0 Å². The minimum atomic E-state index is -3.89. The largest absolute Gasteiger partial charge is 0.325 e. The predicted octanol–water partition coefficient (Wildman–Crippen LogP) is 5.13. The lowest BCUT2D eigenvalue weighted by atomic mass is 10.2. The van der Waals surface area contributed by atoms with Gasteiger partial charge in [-0.2, -0.15) is 4.31 Å². The maximum absolute atomic E-state index is 13.2. The Hall–Kier alpha value is -2.38. The number of amides is 1. The fourth-order valence-corrected chi connectivity index (χ4v) is 4.49. The van der Waals surface area contributed by atoms with Crippen LogP contribution in [0.4, 0.5) is 5.69 Å². The summed E-state index contributed by atoms with van der Waals surface area (Å²) in [5, 5.41) is 3.33.